The van der Waals surface area contributed by atoms with Crippen LogP contribution in [0, 0.1) is 5.82 Å². The molecule has 8 heteroatoms. The second-order valence-corrected chi connectivity index (χ2v) is 7.57. The number of hydrogen-bond donors (Lipinski definition) is 0. The number of aromatic nitrogens is 2. The molecule has 2 heterocycles. The summed E-state index contributed by atoms with van der Waals surface area (Å²) >= 11 is 0. The summed E-state index contributed by atoms with van der Waals surface area (Å²) in [6.45, 7) is 2.94. The van der Waals surface area contributed by atoms with Crippen molar-refractivity contribution in [1.29, 1.82) is 0 Å². The van der Waals surface area contributed by atoms with Crippen LogP contribution in [0.1, 0.15) is 24.4 Å². The quantitative estimate of drug-likeness (QED) is 0.823. The van der Waals surface area contributed by atoms with Crippen molar-refractivity contribution in [3.8, 4) is 0 Å². The Balaban J connectivity index is 2.02. The van der Waals surface area contributed by atoms with Gasteiger partial charge in [-0.15, -0.1) is 0 Å². The number of hydrogen-bond acceptors (Lipinski definition) is 4. The van der Waals surface area contributed by atoms with Gasteiger partial charge in [0.1, 0.15) is 5.82 Å². The van der Waals surface area contributed by atoms with Crippen molar-refractivity contribution in [2.45, 2.75) is 24.3 Å². The Morgan fingerprint density at radius 2 is 2.04 bits per heavy atom. The summed E-state index contributed by atoms with van der Waals surface area (Å²) < 4.78 is 48.0. The molecule has 0 saturated heterocycles. The van der Waals surface area contributed by atoms with Crippen LogP contribution in [0.4, 0.5) is 4.39 Å². The Hall–Kier alpha value is -1.77. The molecule has 24 heavy (non-hydrogen) atoms. The smallest absolute Gasteiger partial charge is 0.243 e. The fourth-order valence-electron chi connectivity index (χ4n) is 3.04. The van der Waals surface area contributed by atoms with Gasteiger partial charge in [0.05, 0.1) is 35.3 Å². The number of imidazole rings is 1. The van der Waals surface area contributed by atoms with E-state index in [2.05, 4.69) is 4.98 Å². The molecule has 6 nitrogen and oxygen atoms in total. The zero-order valence-electron chi connectivity index (χ0n) is 13.6. The molecule has 1 aliphatic heterocycles. The number of halogens is 1. The molecule has 0 fully saturated rings. The van der Waals surface area contributed by atoms with Crippen LogP contribution in [0.3, 0.4) is 0 Å². The molecule has 2 aromatic rings. The third kappa shape index (κ3) is 2.97. The van der Waals surface area contributed by atoms with Gasteiger partial charge in [0.2, 0.25) is 10.0 Å². The zero-order valence-corrected chi connectivity index (χ0v) is 14.5. The Morgan fingerprint density at radius 3 is 2.71 bits per heavy atom. The van der Waals surface area contributed by atoms with E-state index in [1.807, 2.05) is 18.5 Å². The first kappa shape index (κ1) is 17.1. The summed E-state index contributed by atoms with van der Waals surface area (Å²) in [4.78, 5) is 4.43. The van der Waals surface area contributed by atoms with E-state index in [0.717, 1.165) is 23.5 Å². The number of fused-ring (bicyclic) bond motifs is 1. The molecular formula is C16H20FN3O3S. The topological polar surface area (TPSA) is 64.4 Å². The van der Waals surface area contributed by atoms with Gasteiger partial charge in [-0.25, -0.2) is 17.8 Å². The molecule has 0 radical (unpaired) electrons. The summed E-state index contributed by atoms with van der Waals surface area (Å²) in [6.07, 6.45) is 2.23. The molecule has 0 bridgehead atoms. The van der Waals surface area contributed by atoms with Gasteiger partial charge in [-0.05, 0) is 31.2 Å². The molecule has 0 spiro atoms. The van der Waals surface area contributed by atoms with Crippen LogP contribution >= 0.6 is 0 Å². The molecule has 130 valence electrons. The molecule has 1 aromatic carbocycles. The zero-order chi connectivity index (χ0) is 17.3. The number of sulfonamides is 1. The lowest BCUT2D eigenvalue weighted by atomic mass is 10.1. The van der Waals surface area contributed by atoms with E-state index in [-0.39, 0.29) is 11.5 Å². The lowest BCUT2D eigenvalue weighted by molar-refractivity contribution is 0.0907. The normalized spacial score (nSPS) is 18.5. The highest BCUT2D eigenvalue weighted by Crippen LogP contribution is 2.33. The predicted octanol–water partition coefficient (Wildman–Crippen LogP) is 1.88. The molecule has 1 aliphatic rings. The number of nitrogens with zero attached hydrogens (tertiary/aromatic N) is 3. The van der Waals surface area contributed by atoms with Crippen LogP contribution in [0.5, 0.6) is 0 Å². The Bertz CT molecular complexity index is 818. The van der Waals surface area contributed by atoms with Crippen LogP contribution < -0.4 is 0 Å². The van der Waals surface area contributed by atoms with Gasteiger partial charge in [0.25, 0.3) is 0 Å². The van der Waals surface area contributed by atoms with Gasteiger partial charge in [-0.1, -0.05) is 0 Å². The highest BCUT2D eigenvalue weighted by molar-refractivity contribution is 7.89. The molecule has 0 N–H and O–H groups in total. The fourth-order valence-corrected chi connectivity index (χ4v) is 4.62. The number of benzene rings is 1. The first-order valence-electron chi connectivity index (χ1n) is 7.80. The molecule has 3 rings (SSSR count). The molecule has 0 amide bonds. The Labute approximate surface area is 140 Å². The fraction of sp³-hybridized carbons (Fsp3) is 0.438. The second-order valence-electron chi connectivity index (χ2n) is 5.68. The molecule has 1 aromatic heterocycles. The lowest BCUT2D eigenvalue weighted by Crippen LogP contribution is -2.42. The van der Waals surface area contributed by atoms with Gasteiger partial charge in [-0.2, -0.15) is 4.31 Å². The van der Waals surface area contributed by atoms with Gasteiger partial charge >= 0.3 is 0 Å². The van der Waals surface area contributed by atoms with Crippen molar-refractivity contribution in [3.63, 3.8) is 0 Å². The second kappa shape index (κ2) is 6.62. The summed E-state index contributed by atoms with van der Waals surface area (Å²) in [5.74, 6) is -0.465. The van der Waals surface area contributed by atoms with Crippen molar-refractivity contribution in [1.82, 2.24) is 13.9 Å². The van der Waals surface area contributed by atoms with Crippen LogP contribution in [-0.2, 0) is 28.2 Å². The summed E-state index contributed by atoms with van der Waals surface area (Å²) in [6, 6.07) is 4.45. The van der Waals surface area contributed by atoms with E-state index < -0.39 is 21.9 Å². The maximum absolute atomic E-state index is 13.1. The van der Waals surface area contributed by atoms with Crippen molar-refractivity contribution in [3.05, 3.63) is 47.8 Å². The van der Waals surface area contributed by atoms with Crippen molar-refractivity contribution in [2.24, 2.45) is 7.05 Å². The maximum atomic E-state index is 13.1. The summed E-state index contributed by atoms with van der Waals surface area (Å²) in [5, 5.41) is 0. The third-order valence-corrected chi connectivity index (χ3v) is 6.12. The first-order chi connectivity index (χ1) is 11.4. The Kier molecular flexibility index (Phi) is 4.71. The minimum absolute atomic E-state index is 0.0796. The molecule has 0 saturated carbocycles. The van der Waals surface area contributed by atoms with Crippen LogP contribution in [0.15, 0.2) is 35.5 Å². The van der Waals surface area contributed by atoms with E-state index in [1.54, 1.807) is 6.33 Å². The largest absolute Gasteiger partial charge is 0.380 e. The first-order valence-corrected chi connectivity index (χ1v) is 9.24. The van der Waals surface area contributed by atoms with Crippen molar-refractivity contribution >= 4 is 10.0 Å². The predicted molar refractivity (Wildman–Crippen MR) is 86.4 cm³/mol. The highest BCUT2D eigenvalue weighted by Gasteiger charge is 2.38. The Morgan fingerprint density at radius 1 is 1.33 bits per heavy atom. The number of ether oxygens (including phenoxy) is 1. The van der Waals surface area contributed by atoms with Gasteiger partial charge in [0.15, 0.2) is 0 Å². The minimum atomic E-state index is -3.75. The third-order valence-electron chi connectivity index (χ3n) is 4.19. The monoisotopic (exact) mass is 353 g/mol. The van der Waals surface area contributed by atoms with Crippen LogP contribution in [-0.4, -0.2) is 42.0 Å². The summed E-state index contributed by atoms with van der Waals surface area (Å²) in [5.41, 5.74) is 1.74. The minimum Gasteiger partial charge on any atom is -0.380 e. The van der Waals surface area contributed by atoms with Crippen molar-refractivity contribution in [2.75, 3.05) is 19.8 Å². The van der Waals surface area contributed by atoms with E-state index in [9.17, 15) is 12.8 Å². The standard InChI is InChI=1S/C16H20FN3O3S/c1-3-23-10-15-16-14(18-11-19(16)2)8-9-20(15)24(21,22)13-6-4-12(17)5-7-13/h4-7,11,15H,3,8-10H2,1-2H3. The SMILES string of the molecule is CCOCC1c2c(ncn2C)CCN1S(=O)(=O)c1ccc(F)cc1. The maximum Gasteiger partial charge on any atom is 0.243 e. The average Bonchev–Trinajstić information content (AvgIpc) is 2.94. The highest BCUT2D eigenvalue weighted by atomic mass is 32.2. The number of aryl methyl sites for hydroxylation is 1. The molecule has 0 aliphatic carbocycles. The summed E-state index contributed by atoms with van der Waals surface area (Å²) in [7, 11) is -1.90. The van der Waals surface area contributed by atoms with Crippen molar-refractivity contribution < 1.29 is 17.5 Å². The van der Waals surface area contributed by atoms with Gasteiger partial charge in [0, 0.05) is 26.6 Å². The van der Waals surface area contributed by atoms with E-state index >= 15 is 0 Å². The van der Waals surface area contributed by atoms with Crippen LogP contribution in [0.25, 0.3) is 0 Å². The molecular weight excluding hydrogens is 333 g/mol. The van der Waals surface area contributed by atoms with Gasteiger partial charge < -0.3 is 9.30 Å². The average molecular weight is 353 g/mol. The number of rotatable bonds is 5. The van der Waals surface area contributed by atoms with E-state index in [4.69, 9.17) is 4.74 Å². The van der Waals surface area contributed by atoms with E-state index in [1.165, 1.54) is 16.4 Å². The van der Waals surface area contributed by atoms with Crippen LogP contribution in [0.2, 0.25) is 0 Å². The molecule has 1 atom stereocenters. The lowest BCUT2D eigenvalue weighted by Gasteiger charge is -2.34. The van der Waals surface area contributed by atoms with E-state index in [0.29, 0.717) is 19.6 Å². The molecule has 1 unspecified atom stereocenters. The van der Waals surface area contributed by atoms with Gasteiger partial charge in [-0.3, -0.25) is 0 Å².